The zero-order valence-corrected chi connectivity index (χ0v) is 21.8. The van der Waals surface area contributed by atoms with E-state index in [2.05, 4.69) is 55.4 Å². The molecule has 0 fully saturated rings. The summed E-state index contributed by atoms with van der Waals surface area (Å²) >= 11 is 0. The van der Waals surface area contributed by atoms with Gasteiger partial charge in [0.1, 0.15) is 12.2 Å². The summed E-state index contributed by atoms with van der Waals surface area (Å²) in [6.45, 7) is 16.7. The van der Waals surface area contributed by atoms with E-state index >= 15 is 0 Å². The summed E-state index contributed by atoms with van der Waals surface area (Å²) in [6, 6.07) is 3.71. The fraction of sp³-hybridized carbons (Fsp3) is 0.714. The minimum atomic E-state index is -0.418. The molecule has 0 spiro atoms. The normalized spacial score (nSPS) is 13.3. The molecule has 0 aliphatic carbocycles. The highest BCUT2D eigenvalue weighted by atomic mass is 16.6. The number of carbonyl (C=O) groups is 2. The highest BCUT2D eigenvalue weighted by Crippen LogP contribution is 2.25. The van der Waals surface area contributed by atoms with E-state index in [1.54, 1.807) is 0 Å². The lowest BCUT2D eigenvalue weighted by Crippen LogP contribution is -2.27. The molecule has 0 radical (unpaired) electrons. The smallest absolute Gasteiger partial charge is 0.339 e. The van der Waals surface area contributed by atoms with Crippen LogP contribution in [0.1, 0.15) is 126 Å². The highest BCUT2D eigenvalue weighted by molar-refractivity contribution is 6.03. The number of esters is 2. The van der Waals surface area contributed by atoms with E-state index in [0.717, 1.165) is 62.5 Å². The van der Waals surface area contributed by atoms with Gasteiger partial charge in [0.05, 0.1) is 11.1 Å². The molecular formula is C28H46O4. The van der Waals surface area contributed by atoms with Crippen molar-refractivity contribution in [1.29, 1.82) is 0 Å². The molecule has 32 heavy (non-hydrogen) atoms. The molecule has 182 valence electrons. The molecule has 1 aromatic rings. The molecule has 0 aliphatic heterocycles. The standard InChI is InChI=1S/C28H46O4/c1-9-13-15-25(19(5)6)31-27(29)23-17-21(11-3)22(12-4)18-24(23)28(30)32-26(20(7)8)16-14-10-2/h17-20,25-26H,9-16H2,1-8H3. The van der Waals surface area contributed by atoms with Gasteiger partial charge in [-0.25, -0.2) is 9.59 Å². The van der Waals surface area contributed by atoms with Gasteiger partial charge in [0.25, 0.3) is 0 Å². The third-order valence-corrected chi connectivity index (χ3v) is 6.23. The van der Waals surface area contributed by atoms with E-state index in [0.29, 0.717) is 11.1 Å². The Labute approximate surface area is 196 Å². The number of aryl methyl sites for hydroxylation is 2. The van der Waals surface area contributed by atoms with Gasteiger partial charge in [-0.3, -0.25) is 0 Å². The van der Waals surface area contributed by atoms with Crippen molar-refractivity contribution in [2.24, 2.45) is 11.8 Å². The highest BCUT2D eigenvalue weighted by Gasteiger charge is 2.27. The molecule has 2 atom stereocenters. The van der Waals surface area contributed by atoms with Crippen molar-refractivity contribution in [2.75, 3.05) is 0 Å². The van der Waals surface area contributed by atoms with E-state index in [4.69, 9.17) is 9.47 Å². The maximum absolute atomic E-state index is 13.3. The summed E-state index contributed by atoms with van der Waals surface area (Å²) in [7, 11) is 0. The van der Waals surface area contributed by atoms with Crippen LogP contribution in [0.4, 0.5) is 0 Å². The van der Waals surface area contributed by atoms with Gasteiger partial charge in [-0.15, -0.1) is 0 Å². The molecule has 4 nitrogen and oxygen atoms in total. The Morgan fingerprint density at radius 2 is 1.03 bits per heavy atom. The Hall–Kier alpha value is -1.84. The summed E-state index contributed by atoms with van der Waals surface area (Å²) in [4.78, 5) is 26.6. The summed E-state index contributed by atoms with van der Waals surface area (Å²) in [5.74, 6) is -0.390. The van der Waals surface area contributed by atoms with Gasteiger partial charge in [0, 0.05) is 0 Å². The molecular weight excluding hydrogens is 400 g/mol. The van der Waals surface area contributed by atoms with Gasteiger partial charge in [0.2, 0.25) is 0 Å². The lowest BCUT2D eigenvalue weighted by atomic mass is 9.94. The lowest BCUT2D eigenvalue weighted by Gasteiger charge is -2.24. The van der Waals surface area contributed by atoms with Gasteiger partial charge in [-0.1, -0.05) is 81.1 Å². The first-order chi connectivity index (χ1) is 15.2. The first-order valence-corrected chi connectivity index (χ1v) is 12.8. The molecule has 1 aromatic carbocycles. The van der Waals surface area contributed by atoms with Crippen LogP contribution in [0.15, 0.2) is 12.1 Å². The molecule has 2 unspecified atom stereocenters. The van der Waals surface area contributed by atoms with E-state index in [-0.39, 0.29) is 24.0 Å². The van der Waals surface area contributed by atoms with Crippen LogP contribution < -0.4 is 0 Å². The zero-order valence-electron chi connectivity index (χ0n) is 21.8. The molecule has 4 heteroatoms. The molecule has 0 saturated carbocycles. The fourth-order valence-electron chi connectivity index (χ4n) is 3.95. The quantitative estimate of drug-likeness (QED) is 0.277. The minimum absolute atomic E-state index is 0.157. The maximum atomic E-state index is 13.3. The minimum Gasteiger partial charge on any atom is -0.458 e. The Bertz CT molecular complexity index is 659. The Balaban J connectivity index is 3.31. The molecule has 0 aromatic heterocycles. The average Bonchev–Trinajstić information content (AvgIpc) is 2.77. The molecule has 0 saturated heterocycles. The number of hydrogen-bond acceptors (Lipinski definition) is 4. The predicted molar refractivity (Wildman–Crippen MR) is 132 cm³/mol. The van der Waals surface area contributed by atoms with Crippen molar-refractivity contribution in [3.8, 4) is 0 Å². The SMILES string of the molecule is CCCCC(OC(=O)c1cc(CC)c(CC)cc1C(=O)OC(CCCC)C(C)C)C(C)C. The topological polar surface area (TPSA) is 52.6 Å². The molecule has 0 N–H and O–H groups in total. The summed E-state index contributed by atoms with van der Waals surface area (Å²) < 4.78 is 11.9. The summed E-state index contributed by atoms with van der Waals surface area (Å²) in [6.07, 6.45) is 7.07. The first kappa shape index (κ1) is 28.2. The molecule has 0 aliphatic rings. The Morgan fingerprint density at radius 3 is 1.28 bits per heavy atom. The van der Waals surface area contributed by atoms with Crippen molar-refractivity contribution in [3.05, 3.63) is 34.4 Å². The van der Waals surface area contributed by atoms with Crippen LogP contribution in [0.5, 0.6) is 0 Å². The van der Waals surface area contributed by atoms with Crippen molar-refractivity contribution < 1.29 is 19.1 Å². The van der Waals surface area contributed by atoms with Crippen molar-refractivity contribution in [2.45, 2.75) is 119 Å². The third kappa shape index (κ3) is 8.26. The van der Waals surface area contributed by atoms with Crippen LogP contribution in [0.3, 0.4) is 0 Å². The largest absolute Gasteiger partial charge is 0.458 e. The van der Waals surface area contributed by atoms with E-state index in [1.165, 1.54) is 0 Å². The van der Waals surface area contributed by atoms with Crippen LogP contribution in [-0.4, -0.2) is 24.1 Å². The number of rotatable bonds is 14. The molecule has 0 heterocycles. The first-order valence-electron chi connectivity index (χ1n) is 12.8. The summed E-state index contributed by atoms with van der Waals surface area (Å²) in [5, 5.41) is 0. The van der Waals surface area contributed by atoms with Crippen LogP contribution in [0.25, 0.3) is 0 Å². The number of carbonyl (C=O) groups excluding carboxylic acids is 2. The van der Waals surface area contributed by atoms with E-state index in [1.807, 2.05) is 12.1 Å². The monoisotopic (exact) mass is 446 g/mol. The van der Waals surface area contributed by atoms with Crippen LogP contribution in [-0.2, 0) is 22.3 Å². The molecule has 1 rings (SSSR count). The van der Waals surface area contributed by atoms with Crippen molar-refractivity contribution >= 4 is 11.9 Å². The van der Waals surface area contributed by atoms with E-state index in [9.17, 15) is 9.59 Å². The van der Waals surface area contributed by atoms with Gasteiger partial charge in [-0.05, 0) is 60.8 Å². The van der Waals surface area contributed by atoms with Crippen LogP contribution in [0, 0.1) is 11.8 Å². The van der Waals surface area contributed by atoms with Crippen LogP contribution in [0.2, 0.25) is 0 Å². The third-order valence-electron chi connectivity index (χ3n) is 6.23. The number of benzene rings is 1. The van der Waals surface area contributed by atoms with Gasteiger partial charge < -0.3 is 9.47 Å². The van der Waals surface area contributed by atoms with Crippen LogP contribution >= 0.6 is 0 Å². The second kappa shape index (κ2) is 14.3. The zero-order chi connectivity index (χ0) is 24.3. The van der Waals surface area contributed by atoms with Gasteiger partial charge in [0.15, 0.2) is 0 Å². The van der Waals surface area contributed by atoms with E-state index < -0.39 is 11.9 Å². The van der Waals surface area contributed by atoms with Gasteiger partial charge >= 0.3 is 11.9 Å². The second-order valence-electron chi connectivity index (χ2n) is 9.53. The van der Waals surface area contributed by atoms with Crippen molar-refractivity contribution in [1.82, 2.24) is 0 Å². The Kier molecular flexibility index (Phi) is 12.6. The average molecular weight is 447 g/mol. The summed E-state index contributed by atoms with van der Waals surface area (Å²) in [5.41, 5.74) is 2.84. The lowest BCUT2D eigenvalue weighted by molar-refractivity contribution is 0.0107. The van der Waals surface area contributed by atoms with Gasteiger partial charge in [-0.2, -0.15) is 0 Å². The van der Waals surface area contributed by atoms with Crippen molar-refractivity contribution in [3.63, 3.8) is 0 Å². The number of hydrogen-bond donors (Lipinski definition) is 0. The Morgan fingerprint density at radius 1 is 0.688 bits per heavy atom. The predicted octanol–water partition coefficient (Wildman–Crippen LogP) is 7.55. The second-order valence-corrected chi connectivity index (χ2v) is 9.53. The number of unbranched alkanes of at least 4 members (excludes halogenated alkanes) is 2. The fourth-order valence-corrected chi connectivity index (χ4v) is 3.95. The number of ether oxygens (including phenoxy) is 2. The molecule has 0 bridgehead atoms. The maximum Gasteiger partial charge on any atom is 0.339 e. The molecule has 0 amide bonds.